The number of aromatic nitrogens is 1. The molecule has 0 aliphatic carbocycles. The van der Waals surface area contributed by atoms with Gasteiger partial charge < -0.3 is 9.30 Å². The van der Waals surface area contributed by atoms with E-state index in [-0.39, 0.29) is 5.91 Å². The van der Waals surface area contributed by atoms with Crippen LogP contribution in [0.2, 0.25) is 0 Å². The van der Waals surface area contributed by atoms with Crippen molar-refractivity contribution in [3.63, 3.8) is 0 Å². The van der Waals surface area contributed by atoms with Gasteiger partial charge in [-0.2, -0.15) is 5.10 Å². The van der Waals surface area contributed by atoms with Crippen molar-refractivity contribution in [3.05, 3.63) is 138 Å². The molecule has 4 aromatic carbocycles. The van der Waals surface area contributed by atoms with Crippen LogP contribution >= 0.6 is 54.5 Å². The van der Waals surface area contributed by atoms with Crippen molar-refractivity contribution in [2.24, 2.45) is 5.10 Å². The molecule has 0 saturated carbocycles. The van der Waals surface area contributed by atoms with Crippen LogP contribution in [0.5, 0.6) is 5.75 Å². The molecule has 0 atom stereocenters. The van der Waals surface area contributed by atoms with Crippen LogP contribution in [-0.2, 0) is 6.61 Å². The zero-order valence-corrected chi connectivity index (χ0v) is 26.8. The molecular weight excluding hydrogens is 745 g/mol. The molecule has 5 nitrogen and oxygen atoms in total. The Kier molecular flexibility index (Phi) is 9.18. The predicted octanol–water partition coefficient (Wildman–Crippen LogP) is 8.93. The van der Waals surface area contributed by atoms with E-state index in [2.05, 4.69) is 113 Å². The number of amides is 1. The highest BCUT2D eigenvalue weighted by atomic mass is 127. The SMILES string of the molecule is Cc1ccc(-c2ccccc2)n1-c1ccc(C(=O)N/N=C/c2cc(Br)c(OCc3ccc(I)cc3)c(Br)c2)cc1. The number of hydrogen-bond donors (Lipinski definition) is 1. The van der Waals surface area contributed by atoms with Crippen molar-refractivity contribution in [3.8, 4) is 22.7 Å². The molecule has 5 rings (SSSR count). The number of carbonyl (C=O) groups excluding carboxylic acids is 1. The average Bonchev–Trinajstić information content (AvgIpc) is 3.35. The summed E-state index contributed by atoms with van der Waals surface area (Å²) in [5.41, 5.74) is 9.36. The van der Waals surface area contributed by atoms with Crippen molar-refractivity contribution in [2.45, 2.75) is 13.5 Å². The molecule has 1 amide bonds. The monoisotopic (exact) mass is 767 g/mol. The van der Waals surface area contributed by atoms with E-state index in [0.717, 1.165) is 42.7 Å². The third-order valence-electron chi connectivity index (χ3n) is 6.23. The van der Waals surface area contributed by atoms with Gasteiger partial charge in [0, 0.05) is 20.5 Å². The molecule has 5 aromatic rings. The van der Waals surface area contributed by atoms with Crippen LogP contribution in [0.25, 0.3) is 16.9 Å². The second-order valence-electron chi connectivity index (χ2n) is 9.04. The Labute approximate surface area is 263 Å². The number of halogens is 3. The van der Waals surface area contributed by atoms with E-state index in [0.29, 0.717) is 17.9 Å². The molecule has 8 heteroatoms. The first-order valence-electron chi connectivity index (χ1n) is 12.4. The second kappa shape index (κ2) is 13.0. The molecular formula is C32H24Br2IN3O2. The van der Waals surface area contributed by atoms with Crippen LogP contribution in [0.1, 0.15) is 27.2 Å². The van der Waals surface area contributed by atoms with Gasteiger partial charge >= 0.3 is 0 Å². The van der Waals surface area contributed by atoms with Gasteiger partial charge in [-0.25, -0.2) is 5.43 Å². The van der Waals surface area contributed by atoms with E-state index in [1.54, 1.807) is 18.3 Å². The van der Waals surface area contributed by atoms with Gasteiger partial charge in [-0.05, 0) is 139 Å². The molecule has 0 aliphatic heterocycles. The first-order chi connectivity index (χ1) is 19.4. The van der Waals surface area contributed by atoms with E-state index < -0.39 is 0 Å². The first-order valence-corrected chi connectivity index (χ1v) is 15.1. The molecule has 40 heavy (non-hydrogen) atoms. The Bertz CT molecular complexity index is 1640. The van der Waals surface area contributed by atoms with Crippen molar-refractivity contribution in [1.82, 2.24) is 9.99 Å². The van der Waals surface area contributed by atoms with Gasteiger partial charge in [0.25, 0.3) is 5.91 Å². The Morgan fingerprint density at radius 2 is 1.60 bits per heavy atom. The maximum Gasteiger partial charge on any atom is 0.271 e. The number of nitrogens with one attached hydrogen (secondary N) is 1. The lowest BCUT2D eigenvalue weighted by molar-refractivity contribution is 0.0955. The van der Waals surface area contributed by atoms with Crippen molar-refractivity contribution < 1.29 is 9.53 Å². The highest BCUT2D eigenvalue weighted by molar-refractivity contribution is 14.1. The zero-order valence-electron chi connectivity index (χ0n) is 21.4. The lowest BCUT2D eigenvalue weighted by Crippen LogP contribution is -2.17. The number of ether oxygens (including phenoxy) is 1. The molecule has 1 heterocycles. The van der Waals surface area contributed by atoms with Crippen LogP contribution < -0.4 is 10.2 Å². The average molecular weight is 769 g/mol. The van der Waals surface area contributed by atoms with E-state index in [9.17, 15) is 4.79 Å². The fourth-order valence-corrected chi connectivity index (χ4v) is 6.05. The van der Waals surface area contributed by atoms with Crippen LogP contribution in [-0.4, -0.2) is 16.7 Å². The quantitative estimate of drug-likeness (QED) is 0.0975. The van der Waals surface area contributed by atoms with Crippen LogP contribution in [0, 0.1) is 10.5 Å². The maximum absolute atomic E-state index is 12.7. The first kappa shape index (κ1) is 28.3. The summed E-state index contributed by atoms with van der Waals surface area (Å²) in [4.78, 5) is 12.7. The number of rotatable bonds is 8. The highest BCUT2D eigenvalue weighted by Gasteiger charge is 2.12. The van der Waals surface area contributed by atoms with Crippen LogP contribution in [0.3, 0.4) is 0 Å². The zero-order chi connectivity index (χ0) is 28.1. The summed E-state index contributed by atoms with van der Waals surface area (Å²) >= 11 is 9.44. The smallest absolute Gasteiger partial charge is 0.271 e. The summed E-state index contributed by atoms with van der Waals surface area (Å²) in [7, 11) is 0. The molecule has 1 N–H and O–H groups in total. The standard InChI is InChI=1S/C32H24Br2IN3O2/c1-21-7-16-30(24-5-3-2-4-6-24)38(21)27-14-10-25(11-15-27)32(39)37-36-19-23-17-28(33)31(29(34)18-23)40-20-22-8-12-26(35)13-9-22/h2-19H,20H2,1H3,(H,37,39)/b36-19+. The number of carbonyl (C=O) groups is 1. The van der Waals surface area contributed by atoms with E-state index in [1.165, 1.54) is 3.57 Å². The maximum atomic E-state index is 12.7. The number of aryl methyl sites for hydroxylation is 1. The van der Waals surface area contributed by atoms with E-state index >= 15 is 0 Å². The third-order valence-corrected chi connectivity index (χ3v) is 8.13. The van der Waals surface area contributed by atoms with Gasteiger partial charge in [-0.1, -0.05) is 42.5 Å². The number of hydrogen-bond acceptors (Lipinski definition) is 3. The Morgan fingerprint density at radius 1 is 0.925 bits per heavy atom. The van der Waals surface area contributed by atoms with Crippen molar-refractivity contribution >= 4 is 66.6 Å². The normalized spacial score (nSPS) is 11.1. The Hall–Kier alpha value is -3.21. The predicted molar refractivity (Wildman–Crippen MR) is 176 cm³/mol. The molecule has 0 unspecified atom stereocenters. The summed E-state index contributed by atoms with van der Waals surface area (Å²) < 4.78 is 10.9. The minimum absolute atomic E-state index is 0.286. The highest BCUT2D eigenvalue weighted by Crippen LogP contribution is 2.35. The van der Waals surface area contributed by atoms with Gasteiger partial charge in [0.1, 0.15) is 12.4 Å². The molecule has 0 radical (unpaired) electrons. The summed E-state index contributed by atoms with van der Waals surface area (Å²) in [6.45, 7) is 2.52. The minimum Gasteiger partial charge on any atom is -0.487 e. The van der Waals surface area contributed by atoms with Gasteiger partial charge in [-0.15, -0.1) is 0 Å². The van der Waals surface area contributed by atoms with Crippen molar-refractivity contribution in [1.29, 1.82) is 0 Å². The fourth-order valence-electron chi connectivity index (χ4n) is 4.24. The third kappa shape index (κ3) is 6.74. The van der Waals surface area contributed by atoms with Gasteiger partial charge in [0.15, 0.2) is 0 Å². The van der Waals surface area contributed by atoms with Gasteiger partial charge in [-0.3, -0.25) is 4.79 Å². The molecule has 0 aliphatic rings. The summed E-state index contributed by atoms with van der Waals surface area (Å²) in [6.07, 6.45) is 1.60. The Morgan fingerprint density at radius 3 is 2.27 bits per heavy atom. The molecule has 0 saturated heterocycles. The number of benzene rings is 4. The number of hydrazone groups is 1. The topological polar surface area (TPSA) is 55.6 Å². The largest absolute Gasteiger partial charge is 0.487 e. The summed E-state index contributed by atoms with van der Waals surface area (Å²) in [6, 6.07) is 33.9. The molecule has 0 spiro atoms. The molecule has 200 valence electrons. The van der Waals surface area contributed by atoms with Gasteiger partial charge in [0.2, 0.25) is 0 Å². The van der Waals surface area contributed by atoms with E-state index in [1.807, 2.05) is 54.6 Å². The van der Waals surface area contributed by atoms with Gasteiger partial charge in [0.05, 0.1) is 20.9 Å². The van der Waals surface area contributed by atoms with Crippen LogP contribution in [0.15, 0.2) is 117 Å². The molecule has 0 fully saturated rings. The van der Waals surface area contributed by atoms with Crippen LogP contribution in [0.4, 0.5) is 0 Å². The summed E-state index contributed by atoms with van der Waals surface area (Å²) in [5, 5.41) is 4.16. The lowest BCUT2D eigenvalue weighted by Gasteiger charge is -2.13. The lowest BCUT2D eigenvalue weighted by atomic mass is 10.1. The summed E-state index contributed by atoms with van der Waals surface area (Å²) in [5.74, 6) is 0.416. The van der Waals surface area contributed by atoms with Crippen molar-refractivity contribution in [2.75, 3.05) is 0 Å². The molecule has 1 aromatic heterocycles. The number of nitrogens with zero attached hydrogens (tertiary/aromatic N) is 2. The Balaban J connectivity index is 1.23. The molecule has 0 bridgehead atoms. The second-order valence-corrected chi connectivity index (χ2v) is 12.0. The fraction of sp³-hybridized carbons (Fsp3) is 0.0625. The minimum atomic E-state index is -0.286. The van der Waals surface area contributed by atoms with E-state index in [4.69, 9.17) is 4.74 Å².